The summed E-state index contributed by atoms with van der Waals surface area (Å²) in [6, 6.07) is 7.47. The molecule has 0 bridgehead atoms. The molecule has 0 aliphatic heterocycles. The molecule has 2 aromatic rings. The Morgan fingerprint density at radius 3 is 2.82 bits per heavy atom. The molecule has 88 valence electrons. The van der Waals surface area contributed by atoms with E-state index in [-0.39, 0.29) is 5.82 Å². The summed E-state index contributed by atoms with van der Waals surface area (Å²) in [7, 11) is 0. The van der Waals surface area contributed by atoms with Crippen LogP contribution in [0.3, 0.4) is 0 Å². The predicted octanol–water partition coefficient (Wildman–Crippen LogP) is 3.23. The van der Waals surface area contributed by atoms with Crippen molar-refractivity contribution in [2.45, 2.75) is 13.0 Å². The Labute approximate surface area is 104 Å². The number of nitrogens with zero attached hydrogens (tertiary/aromatic N) is 1. The monoisotopic (exact) mass is 250 g/mol. The van der Waals surface area contributed by atoms with Gasteiger partial charge in [-0.3, -0.25) is 4.98 Å². The van der Waals surface area contributed by atoms with Gasteiger partial charge in [-0.05, 0) is 42.3 Å². The number of pyridine rings is 1. The third kappa shape index (κ3) is 2.46. The summed E-state index contributed by atoms with van der Waals surface area (Å²) >= 11 is 6.02. The van der Waals surface area contributed by atoms with Crippen LogP contribution in [-0.4, -0.2) is 4.98 Å². The van der Waals surface area contributed by atoms with Crippen LogP contribution in [0.1, 0.15) is 22.9 Å². The Morgan fingerprint density at radius 2 is 2.12 bits per heavy atom. The van der Waals surface area contributed by atoms with Gasteiger partial charge in [0.15, 0.2) is 0 Å². The quantitative estimate of drug-likeness (QED) is 0.889. The van der Waals surface area contributed by atoms with Crippen molar-refractivity contribution in [3.05, 3.63) is 64.2 Å². The molecular weight excluding hydrogens is 239 g/mol. The van der Waals surface area contributed by atoms with Crippen molar-refractivity contribution in [1.82, 2.24) is 4.98 Å². The lowest BCUT2D eigenvalue weighted by Crippen LogP contribution is -2.15. The van der Waals surface area contributed by atoms with E-state index in [0.717, 1.165) is 5.56 Å². The van der Waals surface area contributed by atoms with Crippen molar-refractivity contribution >= 4 is 11.6 Å². The first-order valence-corrected chi connectivity index (χ1v) is 5.59. The molecule has 1 aromatic heterocycles. The second-order valence-corrected chi connectivity index (χ2v) is 4.26. The molecule has 0 aliphatic rings. The molecule has 4 heteroatoms. The van der Waals surface area contributed by atoms with Gasteiger partial charge in [0.1, 0.15) is 5.82 Å². The summed E-state index contributed by atoms with van der Waals surface area (Å²) in [5.41, 5.74) is 8.25. The van der Waals surface area contributed by atoms with Crippen molar-refractivity contribution in [2.75, 3.05) is 0 Å². The van der Waals surface area contributed by atoms with Crippen molar-refractivity contribution < 1.29 is 4.39 Å². The number of benzene rings is 1. The molecule has 2 nitrogen and oxygen atoms in total. The molecule has 17 heavy (non-hydrogen) atoms. The zero-order valence-electron chi connectivity index (χ0n) is 9.32. The van der Waals surface area contributed by atoms with Crippen molar-refractivity contribution in [2.24, 2.45) is 5.73 Å². The van der Waals surface area contributed by atoms with Crippen LogP contribution in [0.5, 0.6) is 0 Å². The average Bonchev–Trinajstić information content (AvgIpc) is 2.32. The van der Waals surface area contributed by atoms with Crippen LogP contribution in [0.25, 0.3) is 0 Å². The minimum atomic E-state index is -0.514. The van der Waals surface area contributed by atoms with Gasteiger partial charge in [0, 0.05) is 6.20 Å². The molecule has 0 radical (unpaired) electrons. The van der Waals surface area contributed by atoms with Crippen molar-refractivity contribution in [1.29, 1.82) is 0 Å². The summed E-state index contributed by atoms with van der Waals surface area (Å²) in [5, 5.41) is 0.490. The largest absolute Gasteiger partial charge is 0.319 e. The molecule has 0 aliphatic carbocycles. The molecule has 0 fully saturated rings. The second kappa shape index (κ2) is 4.82. The van der Waals surface area contributed by atoms with Gasteiger partial charge >= 0.3 is 0 Å². The van der Waals surface area contributed by atoms with Gasteiger partial charge < -0.3 is 5.73 Å². The second-order valence-electron chi connectivity index (χ2n) is 3.85. The van der Waals surface area contributed by atoms with Gasteiger partial charge in [0.2, 0.25) is 0 Å². The Kier molecular flexibility index (Phi) is 3.41. The molecule has 0 saturated carbocycles. The highest BCUT2D eigenvalue weighted by molar-refractivity contribution is 6.31. The average molecular weight is 251 g/mol. The van der Waals surface area contributed by atoms with Crippen LogP contribution in [0.4, 0.5) is 4.39 Å². The fourth-order valence-electron chi connectivity index (χ4n) is 1.72. The van der Waals surface area contributed by atoms with E-state index in [2.05, 4.69) is 4.98 Å². The van der Waals surface area contributed by atoms with Crippen LogP contribution < -0.4 is 5.73 Å². The Morgan fingerprint density at radius 1 is 1.35 bits per heavy atom. The van der Waals surface area contributed by atoms with Crippen LogP contribution >= 0.6 is 11.6 Å². The topological polar surface area (TPSA) is 38.9 Å². The fourth-order valence-corrected chi connectivity index (χ4v) is 1.96. The van der Waals surface area contributed by atoms with Crippen molar-refractivity contribution in [3.63, 3.8) is 0 Å². The fraction of sp³-hybridized carbons (Fsp3) is 0.154. The van der Waals surface area contributed by atoms with Crippen LogP contribution in [0.2, 0.25) is 5.02 Å². The molecule has 0 amide bonds. The summed E-state index contributed by atoms with van der Waals surface area (Å²) < 4.78 is 13.2. The van der Waals surface area contributed by atoms with E-state index in [1.165, 1.54) is 12.1 Å². The van der Waals surface area contributed by atoms with E-state index in [1.54, 1.807) is 24.4 Å². The summed E-state index contributed by atoms with van der Waals surface area (Å²) in [5.74, 6) is -0.312. The molecule has 0 spiro atoms. The van der Waals surface area contributed by atoms with E-state index >= 15 is 0 Å². The lowest BCUT2D eigenvalue weighted by molar-refractivity contribution is 0.622. The zero-order valence-corrected chi connectivity index (χ0v) is 10.1. The maximum atomic E-state index is 13.2. The van der Waals surface area contributed by atoms with Gasteiger partial charge in [0.05, 0.1) is 16.8 Å². The summed E-state index contributed by atoms with van der Waals surface area (Å²) in [6.07, 6.45) is 1.62. The number of halogens is 2. The molecule has 1 atom stereocenters. The Bertz CT molecular complexity index is 543. The van der Waals surface area contributed by atoms with E-state index in [4.69, 9.17) is 17.3 Å². The van der Waals surface area contributed by atoms with E-state index in [0.29, 0.717) is 16.3 Å². The molecular formula is C13H12ClFN2. The normalized spacial score (nSPS) is 12.5. The lowest BCUT2D eigenvalue weighted by atomic mass is 9.99. The third-order valence-electron chi connectivity index (χ3n) is 2.66. The van der Waals surface area contributed by atoms with Gasteiger partial charge in [-0.1, -0.05) is 17.7 Å². The highest BCUT2D eigenvalue weighted by Crippen LogP contribution is 2.26. The summed E-state index contributed by atoms with van der Waals surface area (Å²) in [4.78, 5) is 4.15. The molecule has 1 heterocycles. The minimum Gasteiger partial charge on any atom is -0.319 e. The molecule has 1 unspecified atom stereocenters. The number of hydrogen-bond donors (Lipinski definition) is 1. The first-order chi connectivity index (χ1) is 8.09. The smallest absolute Gasteiger partial charge is 0.123 e. The van der Waals surface area contributed by atoms with Gasteiger partial charge in [0.25, 0.3) is 0 Å². The van der Waals surface area contributed by atoms with Crippen LogP contribution in [-0.2, 0) is 0 Å². The highest BCUT2D eigenvalue weighted by Gasteiger charge is 2.16. The van der Waals surface area contributed by atoms with E-state index in [1.807, 2.05) is 6.92 Å². The van der Waals surface area contributed by atoms with Gasteiger partial charge in [-0.25, -0.2) is 4.39 Å². The summed E-state index contributed by atoms with van der Waals surface area (Å²) in [6.45, 7) is 1.88. The van der Waals surface area contributed by atoms with Crippen molar-refractivity contribution in [3.8, 4) is 0 Å². The SMILES string of the molecule is Cc1ccc(F)cc1C(N)c1ncccc1Cl. The standard InChI is InChI=1S/C13H12ClFN2/c1-8-4-5-9(15)7-10(8)12(16)13-11(14)3-2-6-17-13/h2-7,12H,16H2,1H3. The number of rotatable bonds is 2. The van der Waals surface area contributed by atoms with Crippen LogP contribution in [0, 0.1) is 12.7 Å². The molecule has 0 saturated heterocycles. The number of aryl methyl sites for hydroxylation is 1. The Balaban J connectivity index is 2.47. The first kappa shape index (κ1) is 12.0. The third-order valence-corrected chi connectivity index (χ3v) is 2.98. The zero-order chi connectivity index (χ0) is 12.4. The van der Waals surface area contributed by atoms with E-state index < -0.39 is 6.04 Å². The minimum absolute atomic E-state index is 0.312. The van der Waals surface area contributed by atoms with E-state index in [9.17, 15) is 4.39 Å². The van der Waals surface area contributed by atoms with Gasteiger partial charge in [-0.15, -0.1) is 0 Å². The number of nitrogens with two attached hydrogens (primary N) is 1. The lowest BCUT2D eigenvalue weighted by Gasteiger charge is -2.15. The molecule has 2 N–H and O–H groups in total. The van der Waals surface area contributed by atoms with Gasteiger partial charge in [-0.2, -0.15) is 0 Å². The first-order valence-electron chi connectivity index (χ1n) is 5.21. The Hall–Kier alpha value is -1.45. The molecule has 2 rings (SSSR count). The van der Waals surface area contributed by atoms with Crippen LogP contribution in [0.15, 0.2) is 36.5 Å². The molecule has 1 aromatic carbocycles. The number of aromatic nitrogens is 1. The highest BCUT2D eigenvalue weighted by atomic mass is 35.5. The number of hydrogen-bond acceptors (Lipinski definition) is 2. The predicted molar refractivity (Wildman–Crippen MR) is 66.4 cm³/mol. The maximum absolute atomic E-state index is 13.2. The maximum Gasteiger partial charge on any atom is 0.123 e.